The predicted octanol–water partition coefficient (Wildman–Crippen LogP) is 1.44. The van der Waals surface area contributed by atoms with E-state index < -0.39 is 0 Å². The maximum absolute atomic E-state index is 5.18. The summed E-state index contributed by atoms with van der Waals surface area (Å²) >= 11 is 0. The number of rotatable bonds is 5. The van der Waals surface area contributed by atoms with Gasteiger partial charge in [-0.15, -0.1) is 10.2 Å². The van der Waals surface area contributed by atoms with Crippen molar-refractivity contribution in [3.63, 3.8) is 0 Å². The molecular formula is C16H22N8O. The van der Waals surface area contributed by atoms with Crippen molar-refractivity contribution in [2.75, 3.05) is 12.4 Å². The van der Waals surface area contributed by atoms with E-state index in [9.17, 15) is 0 Å². The molecule has 0 saturated heterocycles. The summed E-state index contributed by atoms with van der Waals surface area (Å²) in [6.07, 6.45) is 6.40. The highest BCUT2D eigenvalue weighted by Gasteiger charge is 2.16. The molecule has 0 bridgehead atoms. The summed E-state index contributed by atoms with van der Waals surface area (Å²) in [6, 6.07) is 0. The highest BCUT2D eigenvalue weighted by molar-refractivity contribution is 5.86. The predicted molar refractivity (Wildman–Crippen MR) is 91.9 cm³/mol. The largest absolute Gasteiger partial charge is 0.377 e. The van der Waals surface area contributed by atoms with Crippen LogP contribution in [0.4, 0.5) is 5.82 Å². The van der Waals surface area contributed by atoms with Gasteiger partial charge >= 0.3 is 0 Å². The zero-order valence-corrected chi connectivity index (χ0v) is 14.6. The molecule has 1 N–H and O–H groups in total. The molecule has 0 unspecified atom stereocenters. The Morgan fingerprint density at radius 1 is 1.20 bits per heavy atom. The van der Waals surface area contributed by atoms with Gasteiger partial charge in [0.1, 0.15) is 18.2 Å². The van der Waals surface area contributed by atoms with E-state index in [0.717, 1.165) is 41.5 Å². The normalized spacial score (nSPS) is 14.5. The fraction of sp³-hybridized carbons (Fsp3) is 0.562. The second kappa shape index (κ2) is 6.75. The van der Waals surface area contributed by atoms with E-state index in [-0.39, 0.29) is 0 Å². The lowest BCUT2D eigenvalue weighted by Crippen LogP contribution is -2.12. The molecule has 0 amide bonds. The summed E-state index contributed by atoms with van der Waals surface area (Å²) in [5, 5.41) is 17.3. The molecule has 3 aromatic rings. The van der Waals surface area contributed by atoms with Gasteiger partial charge in [-0.1, -0.05) is 6.42 Å². The molecule has 0 atom stereocenters. The van der Waals surface area contributed by atoms with Gasteiger partial charge in [-0.05, 0) is 12.8 Å². The molecule has 4 heterocycles. The summed E-state index contributed by atoms with van der Waals surface area (Å²) in [6.45, 7) is 1.91. The van der Waals surface area contributed by atoms with Crippen LogP contribution in [0.5, 0.6) is 0 Å². The van der Waals surface area contributed by atoms with E-state index in [0.29, 0.717) is 19.0 Å². The first-order valence-electron chi connectivity index (χ1n) is 8.58. The Morgan fingerprint density at radius 3 is 3.00 bits per heavy atom. The number of nitrogens with one attached hydrogen (secondary N) is 1. The van der Waals surface area contributed by atoms with Crippen molar-refractivity contribution in [1.29, 1.82) is 0 Å². The molecule has 0 aromatic carbocycles. The van der Waals surface area contributed by atoms with Crippen LogP contribution in [0.3, 0.4) is 0 Å². The Morgan fingerprint density at radius 2 is 2.12 bits per heavy atom. The van der Waals surface area contributed by atoms with Crippen LogP contribution < -0.4 is 5.32 Å². The quantitative estimate of drug-likeness (QED) is 0.749. The number of fused-ring (bicyclic) bond motifs is 2. The Labute approximate surface area is 145 Å². The van der Waals surface area contributed by atoms with Crippen molar-refractivity contribution in [2.24, 2.45) is 7.05 Å². The fourth-order valence-corrected chi connectivity index (χ4v) is 3.23. The van der Waals surface area contributed by atoms with Gasteiger partial charge < -0.3 is 14.6 Å². The zero-order chi connectivity index (χ0) is 17.2. The monoisotopic (exact) mass is 342 g/mol. The van der Waals surface area contributed by atoms with Crippen LogP contribution in [0, 0.1) is 0 Å². The first kappa shape index (κ1) is 15.9. The van der Waals surface area contributed by atoms with Gasteiger partial charge in [0.05, 0.1) is 18.1 Å². The number of anilines is 1. The smallest absolute Gasteiger partial charge is 0.163 e. The summed E-state index contributed by atoms with van der Waals surface area (Å²) < 4.78 is 9.15. The lowest BCUT2D eigenvalue weighted by atomic mass is 10.2. The molecule has 0 radical (unpaired) electrons. The summed E-state index contributed by atoms with van der Waals surface area (Å²) in [7, 11) is 3.50. The van der Waals surface area contributed by atoms with Crippen molar-refractivity contribution in [1.82, 2.24) is 34.5 Å². The maximum Gasteiger partial charge on any atom is 0.163 e. The van der Waals surface area contributed by atoms with Gasteiger partial charge in [0.15, 0.2) is 17.3 Å². The van der Waals surface area contributed by atoms with E-state index in [1.807, 2.05) is 7.05 Å². The van der Waals surface area contributed by atoms with E-state index in [1.165, 1.54) is 19.3 Å². The van der Waals surface area contributed by atoms with Crippen molar-refractivity contribution in [3.8, 4) is 0 Å². The molecule has 0 spiro atoms. The Kier molecular flexibility index (Phi) is 4.31. The number of nitrogens with zero attached hydrogens (tertiary/aromatic N) is 7. The van der Waals surface area contributed by atoms with Crippen molar-refractivity contribution < 1.29 is 4.74 Å². The van der Waals surface area contributed by atoms with E-state index >= 15 is 0 Å². The number of hydrogen-bond donors (Lipinski definition) is 1. The summed E-state index contributed by atoms with van der Waals surface area (Å²) in [4.78, 5) is 9.08. The Bertz CT molecular complexity index is 884. The summed E-state index contributed by atoms with van der Waals surface area (Å²) in [5.41, 5.74) is 0.782. The van der Waals surface area contributed by atoms with Crippen LogP contribution >= 0.6 is 0 Å². The molecule has 0 aliphatic carbocycles. The van der Waals surface area contributed by atoms with Crippen molar-refractivity contribution in [2.45, 2.75) is 45.4 Å². The second-order valence-electron chi connectivity index (χ2n) is 6.28. The minimum absolute atomic E-state index is 0.357. The maximum atomic E-state index is 5.18. The molecule has 0 saturated carbocycles. The third-order valence-corrected chi connectivity index (χ3v) is 4.51. The van der Waals surface area contributed by atoms with Gasteiger partial charge in [0, 0.05) is 27.1 Å². The third kappa shape index (κ3) is 3.07. The molecule has 0 fully saturated rings. The van der Waals surface area contributed by atoms with Gasteiger partial charge in [0.25, 0.3) is 0 Å². The summed E-state index contributed by atoms with van der Waals surface area (Å²) in [5.74, 6) is 3.40. The molecule has 1 aliphatic heterocycles. The third-order valence-electron chi connectivity index (χ3n) is 4.51. The number of hydrogen-bond acceptors (Lipinski definition) is 7. The Balaban J connectivity index is 1.61. The first-order chi connectivity index (χ1) is 12.3. The average Bonchev–Trinajstić information content (AvgIpc) is 3.08. The number of aryl methyl sites for hydroxylation is 2. The number of ether oxygens (including phenoxy) is 1. The molecule has 9 heteroatoms. The highest BCUT2D eigenvalue weighted by Crippen LogP contribution is 2.21. The first-order valence-corrected chi connectivity index (χ1v) is 8.58. The minimum atomic E-state index is 0.357. The standard InChI is InChI=1S/C16H22N8O/c1-23-16-11(8-18-23)15(19-12(20-16)10-25-2)17-9-14-22-21-13-6-4-3-5-7-24(13)14/h8H,3-7,9-10H2,1-2H3,(H,17,19,20). The van der Waals surface area contributed by atoms with Crippen LogP contribution in [-0.4, -0.2) is 41.6 Å². The van der Waals surface area contributed by atoms with Crippen molar-refractivity contribution in [3.05, 3.63) is 23.7 Å². The van der Waals surface area contributed by atoms with Crippen LogP contribution in [0.25, 0.3) is 11.0 Å². The fourth-order valence-electron chi connectivity index (χ4n) is 3.23. The van der Waals surface area contributed by atoms with Gasteiger partial charge in [-0.2, -0.15) is 5.10 Å². The molecule has 132 valence electrons. The van der Waals surface area contributed by atoms with Gasteiger partial charge in [0.2, 0.25) is 0 Å². The SMILES string of the molecule is COCc1nc(NCc2nnc3n2CCCCC3)c2cnn(C)c2n1. The second-order valence-corrected chi connectivity index (χ2v) is 6.28. The number of aromatic nitrogens is 7. The molecule has 9 nitrogen and oxygen atoms in total. The van der Waals surface area contributed by atoms with Crippen LogP contribution in [0.15, 0.2) is 6.20 Å². The minimum Gasteiger partial charge on any atom is -0.377 e. The van der Waals surface area contributed by atoms with Gasteiger partial charge in [-0.3, -0.25) is 4.68 Å². The molecular weight excluding hydrogens is 320 g/mol. The van der Waals surface area contributed by atoms with E-state index in [4.69, 9.17) is 4.74 Å². The van der Waals surface area contributed by atoms with Crippen LogP contribution in [0.1, 0.15) is 36.7 Å². The highest BCUT2D eigenvalue weighted by atomic mass is 16.5. The van der Waals surface area contributed by atoms with E-state index in [1.54, 1.807) is 18.0 Å². The zero-order valence-electron chi connectivity index (χ0n) is 14.6. The molecule has 25 heavy (non-hydrogen) atoms. The Hall–Kier alpha value is -2.55. The molecule has 1 aliphatic rings. The molecule has 3 aromatic heterocycles. The topological polar surface area (TPSA) is 95.6 Å². The van der Waals surface area contributed by atoms with Crippen LogP contribution in [-0.2, 0) is 37.9 Å². The lowest BCUT2D eigenvalue weighted by Gasteiger charge is -2.10. The van der Waals surface area contributed by atoms with E-state index in [2.05, 4.69) is 35.1 Å². The number of methoxy groups -OCH3 is 1. The van der Waals surface area contributed by atoms with Crippen LogP contribution in [0.2, 0.25) is 0 Å². The average molecular weight is 342 g/mol. The molecule has 4 rings (SSSR count). The van der Waals surface area contributed by atoms with Gasteiger partial charge in [-0.25, -0.2) is 9.97 Å². The lowest BCUT2D eigenvalue weighted by molar-refractivity contribution is 0.178. The van der Waals surface area contributed by atoms with Crippen molar-refractivity contribution >= 4 is 16.9 Å².